The van der Waals surface area contributed by atoms with Gasteiger partial charge in [-0.15, -0.1) is 0 Å². The summed E-state index contributed by atoms with van der Waals surface area (Å²) in [6, 6.07) is 0. The molecule has 0 radical (unpaired) electrons. The Bertz CT molecular complexity index is 326. The fraction of sp³-hybridized carbons (Fsp3) is 0.889. The van der Waals surface area contributed by atoms with Crippen LogP contribution in [-0.2, 0) is 19.1 Å². The van der Waals surface area contributed by atoms with E-state index in [-0.39, 0.29) is 37.0 Å². The number of ether oxygens (including phenoxy) is 2. The van der Waals surface area contributed by atoms with Crippen LogP contribution in [0.1, 0.15) is 74.1 Å². The fourth-order valence-corrected chi connectivity index (χ4v) is 2.55. The smallest absolute Gasteiger partial charge is 0.306 e. The van der Waals surface area contributed by atoms with Crippen molar-refractivity contribution >= 4 is 11.9 Å². The van der Waals surface area contributed by atoms with E-state index in [0.717, 1.165) is 6.42 Å². The first-order chi connectivity index (χ1) is 10.2. The van der Waals surface area contributed by atoms with Gasteiger partial charge in [0.1, 0.15) is 12.2 Å². The number of hydrogen-bond donors (Lipinski definition) is 0. The van der Waals surface area contributed by atoms with Gasteiger partial charge < -0.3 is 9.47 Å². The number of carbonyl (C=O) groups is 2. The molecule has 0 saturated heterocycles. The summed E-state index contributed by atoms with van der Waals surface area (Å²) in [4.78, 5) is 23.6. The van der Waals surface area contributed by atoms with Crippen LogP contribution in [0.5, 0.6) is 0 Å². The van der Waals surface area contributed by atoms with Gasteiger partial charge in [-0.1, -0.05) is 48.5 Å². The summed E-state index contributed by atoms with van der Waals surface area (Å²) in [5.41, 5.74) is 0. The number of hydrogen-bond acceptors (Lipinski definition) is 4. The molecule has 0 bridgehead atoms. The lowest BCUT2D eigenvalue weighted by atomic mass is 9.96. The van der Waals surface area contributed by atoms with Crippen molar-refractivity contribution in [3.05, 3.63) is 0 Å². The Balaban J connectivity index is 4.09. The third-order valence-electron chi connectivity index (χ3n) is 3.77. The van der Waals surface area contributed by atoms with Crippen LogP contribution in [0.4, 0.5) is 0 Å². The van der Waals surface area contributed by atoms with E-state index >= 15 is 0 Å². The second-order valence-electron chi connectivity index (χ2n) is 6.98. The molecular weight excluding hydrogens is 280 g/mol. The number of rotatable bonds is 10. The maximum absolute atomic E-state index is 11.9. The molecule has 22 heavy (non-hydrogen) atoms. The van der Waals surface area contributed by atoms with Gasteiger partial charge in [0.2, 0.25) is 0 Å². The highest BCUT2D eigenvalue weighted by Crippen LogP contribution is 2.18. The van der Waals surface area contributed by atoms with Crippen molar-refractivity contribution in [3.8, 4) is 0 Å². The summed E-state index contributed by atoms with van der Waals surface area (Å²) in [6.07, 6.45) is 1.73. The number of carbonyl (C=O) groups excluding carboxylic acids is 2. The Morgan fingerprint density at radius 3 is 1.59 bits per heavy atom. The van der Waals surface area contributed by atoms with Crippen molar-refractivity contribution in [3.63, 3.8) is 0 Å². The van der Waals surface area contributed by atoms with Crippen molar-refractivity contribution in [2.75, 3.05) is 0 Å². The highest BCUT2D eigenvalue weighted by molar-refractivity contribution is 5.72. The zero-order valence-corrected chi connectivity index (χ0v) is 15.3. The first-order valence-electron chi connectivity index (χ1n) is 8.57. The Kier molecular flexibility index (Phi) is 10.1. The van der Waals surface area contributed by atoms with Gasteiger partial charge in [0, 0.05) is 12.8 Å². The van der Waals surface area contributed by atoms with Crippen LogP contribution in [0.3, 0.4) is 0 Å². The van der Waals surface area contributed by atoms with E-state index in [9.17, 15) is 9.59 Å². The lowest BCUT2D eigenvalue weighted by Crippen LogP contribution is -2.28. The maximum Gasteiger partial charge on any atom is 0.306 e. The van der Waals surface area contributed by atoms with E-state index in [1.54, 1.807) is 0 Å². The van der Waals surface area contributed by atoms with Crippen LogP contribution < -0.4 is 0 Å². The largest absolute Gasteiger partial charge is 0.462 e. The van der Waals surface area contributed by atoms with Gasteiger partial charge in [-0.3, -0.25) is 9.59 Å². The van der Waals surface area contributed by atoms with Crippen molar-refractivity contribution < 1.29 is 19.1 Å². The van der Waals surface area contributed by atoms with Gasteiger partial charge in [-0.2, -0.15) is 0 Å². The second-order valence-corrected chi connectivity index (χ2v) is 6.98. The molecule has 4 heteroatoms. The molecule has 0 aromatic rings. The lowest BCUT2D eigenvalue weighted by molar-refractivity contribution is -0.155. The van der Waals surface area contributed by atoms with E-state index in [4.69, 9.17) is 9.47 Å². The maximum atomic E-state index is 11.9. The third kappa shape index (κ3) is 8.40. The van der Waals surface area contributed by atoms with Crippen molar-refractivity contribution in [2.45, 2.75) is 86.4 Å². The second kappa shape index (κ2) is 10.6. The molecule has 0 saturated carbocycles. The Hall–Kier alpha value is -1.06. The summed E-state index contributed by atoms with van der Waals surface area (Å²) >= 11 is 0. The number of esters is 2. The van der Waals surface area contributed by atoms with E-state index in [0.29, 0.717) is 24.2 Å². The predicted molar refractivity (Wildman–Crippen MR) is 88.4 cm³/mol. The molecule has 0 fully saturated rings. The average Bonchev–Trinajstić information content (AvgIpc) is 2.41. The molecule has 1 unspecified atom stereocenters. The van der Waals surface area contributed by atoms with Crippen LogP contribution >= 0.6 is 0 Å². The van der Waals surface area contributed by atoms with Gasteiger partial charge in [-0.25, -0.2) is 0 Å². The summed E-state index contributed by atoms with van der Waals surface area (Å²) in [5, 5.41) is 0. The summed E-state index contributed by atoms with van der Waals surface area (Å²) in [6.45, 7) is 14.3. The molecule has 0 aromatic heterocycles. The average molecular weight is 314 g/mol. The molecule has 0 aromatic carbocycles. The first kappa shape index (κ1) is 20.9. The minimum absolute atomic E-state index is 0.0364. The van der Waals surface area contributed by atoms with Gasteiger partial charge in [0.15, 0.2) is 0 Å². The normalized spacial score (nSPS) is 13.0. The third-order valence-corrected chi connectivity index (χ3v) is 3.77. The Labute approximate surface area is 135 Å². The lowest BCUT2D eigenvalue weighted by Gasteiger charge is -2.25. The van der Waals surface area contributed by atoms with E-state index < -0.39 is 0 Å². The zero-order chi connectivity index (χ0) is 17.3. The van der Waals surface area contributed by atoms with Crippen LogP contribution in [0.15, 0.2) is 0 Å². The Morgan fingerprint density at radius 2 is 1.23 bits per heavy atom. The van der Waals surface area contributed by atoms with Gasteiger partial charge >= 0.3 is 11.9 Å². The molecule has 0 aliphatic rings. The molecule has 0 aliphatic heterocycles. The summed E-state index contributed by atoms with van der Waals surface area (Å²) in [7, 11) is 0. The molecule has 0 amide bonds. The van der Waals surface area contributed by atoms with E-state index in [1.165, 1.54) is 0 Å². The highest BCUT2D eigenvalue weighted by Gasteiger charge is 2.22. The molecular formula is C18H34O4. The SMILES string of the molecule is CCC(OC(=O)CCCC(=O)OC(C(C)C)C(C)C)C(C)C. The highest BCUT2D eigenvalue weighted by atomic mass is 16.5. The predicted octanol–water partition coefficient (Wildman–Crippen LogP) is 4.36. The topological polar surface area (TPSA) is 52.6 Å². The van der Waals surface area contributed by atoms with Crippen molar-refractivity contribution in [1.29, 1.82) is 0 Å². The monoisotopic (exact) mass is 314 g/mol. The van der Waals surface area contributed by atoms with Crippen LogP contribution in [0.2, 0.25) is 0 Å². The molecule has 0 N–H and O–H groups in total. The van der Waals surface area contributed by atoms with E-state index in [1.807, 2.05) is 48.5 Å². The molecule has 0 spiro atoms. The zero-order valence-electron chi connectivity index (χ0n) is 15.3. The summed E-state index contributed by atoms with van der Waals surface area (Å²) < 4.78 is 10.9. The molecule has 0 aliphatic carbocycles. The van der Waals surface area contributed by atoms with Gasteiger partial charge in [0.25, 0.3) is 0 Å². The summed E-state index contributed by atoms with van der Waals surface area (Å²) in [5.74, 6) is 0.459. The van der Waals surface area contributed by atoms with Crippen LogP contribution in [-0.4, -0.2) is 24.1 Å². The minimum atomic E-state index is -0.226. The van der Waals surface area contributed by atoms with Crippen molar-refractivity contribution in [1.82, 2.24) is 0 Å². The molecule has 0 rings (SSSR count). The van der Waals surface area contributed by atoms with Crippen molar-refractivity contribution in [2.24, 2.45) is 17.8 Å². The van der Waals surface area contributed by atoms with Gasteiger partial charge in [-0.05, 0) is 30.6 Å². The van der Waals surface area contributed by atoms with Crippen LogP contribution in [0.25, 0.3) is 0 Å². The minimum Gasteiger partial charge on any atom is -0.462 e. The quantitative estimate of drug-likeness (QED) is 0.562. The molecule has 4 nitrogen and oxygen atoms in total. The fourth-order valence-electron chi connectivity index (χ4n) is 2.55. The standard InChI is InChI=1S/C18H34O4/c1-8-15(12(2)3)21-16(19)10-9-11-17(20)22-18(13(4)5)14(6)7/h12-15,18H,8-11H2,1-7H3. The van der Waals surface area contributed by atoms with Gasteiger partial charge in [0.05, 0.1) is 0 Å². The van der Waals surface area contributed by atoms with Crippen LogP contribution in [0, 0.1) is 17.8 Å². The molecule has 130 valence electrons. The molecule has 0 heterocycles. The Morgan fingerprint density at radius 1 is 0.773 bits per heavy atom. The van der Waals surface area contributed by atoms with E-state index in [2.05, 4.69) is 0 Å². The first-order valence-corrected chi connectivity index (χ1v) is 8.57. The molecule has 1 atom stereocenters.